The molecule has 26 heavy (non-hydrogen) atoms. The summed E-state index contributed by atoms with van der Waals surface area (Å²) in [4.78, 5) is 22.7. The molecule has 0 saturated heterocycles. The third-order valence-electron chi connectivity index (χ3n) is 3.25. The van der Waals surface area contributed by atoms with Crippen molar-refractivity contribution in [2.75, 3.05) is 40.0 Å². The van der Waals surface area contributed by atoms with Crippen molar-refractivity contribution in [3.05, 3.63) is 34.4 Å². The molecule has 0 fully saturated rings. The first kappa shape index (κ1) is 22.0. The van der Waals surface area contributed by atoms with Gasteiger partial charge in [0.2, 0.25) is 0 Å². The molecule has 0 unspecified atom stereocenters. The van der Waals surface area contributed by atoms with Crippen LogP contribution in [0.25, 0.3) is 0 Å². The van der Waals surface area contributed by atoms with E-state index in [1.54, 1.807) is 0 Å². The van der Waals surface area contributed by atoms with Gasteiger partial charge < -0.3 is 39.4 Å². The Morgan fingerprint density at radius 2 is 1.31 bits per heavy atom. The lowest BCUT2D eigenvalue weighted by molar-refractivity contribution is -0.0342. The molecule has 4 N–H and O–H groups in total. The molecule has 146 valence electrons. The summed E-state index contributed by atoms with van der Waals surface area (Å²) < 4.78 is 20.1. The largest absolute Gasteiger partial charge is 0.478 e. The van der Waals surface area contributed by atoms with Crippen molar-refractivity contribution < 1.29 is 49.0 Å². The predicted molar refractivity (Wildman–Crippen MR) is 85.7 cm³/mol. The number of aromatic carboxylic acids is 2. The van der Waals surface area contributed by atoms with E-state index in [0.29, 0.717) is 5.56 Å². The molecule has 0 amide bonds. The van der Waals surface area contributed by atoms with E-state index in [0.717, 1.165) is 6.07 Å². The average Bonchev–Trinajstić information content (AvgIpc) is 2.61. The van der Waals surface area contributed by atoms with E-state index in [2.05, 4.69) is 0 Å². The number of benzene rings is 1. The van der Waals surface area contributed by atoms with Gasteiger partial charge in [-0.25, -0.2) is 9.59 Å². The van der Waals surface area contributed by atoms with E-state index in [1.165, 1.54) is 6.07 Å². The molecule has 0 heterocycles. The fourth-order valence-electron chi connectivity index (χ4n) is 2.07. The van der Waals surface area contributed by atoms with Crippen molar-refractivity contribution in [1.29, 1.82) is 0 Å². The van der Waals surface area contributed by atoms with Crippen molar-refractivity contribution in [2.45, 2.75) is 13.2 Å². The summed E-state index contributed by atoms with van der Waals surface area (Å²) in [5.74, 6) is -2.55. The summed E-state index contributed by atoms with van der Waals surface area (Å²) >= 11 is 0. The van der Waals surface area contributed by atoms with Gasteiger partial charge in [-0.1, -0.05) is 0 Å². The summed E-state index contributed by atoms with van der Waals surface area (Å²) in [5.41, 5.74) is 0.266. The van der Waals surface area contributed by atoms with Crippen molar-refractivity contribution in [3.63, 3.8) is 0 Å². The summed E-state index contributed by atoms with van der Waals surface area (Å²) in [5, 5.41) is 35.6. The number of aliphatic hydroxyl groups excluding tert-OH is 2. The smallest absolute Gasteiger partial charge is 0.336 e. The monoisotopic (exact) mass is 374 g/mol. The molecule has 0 aromatic heterocycles. The van der Waals surface area contributed by atoms with Gasteiger partial charge >= 0.3 is 11.9 Å². The standard InChI is InChI=1S/C16H22O10/c17-9-25-3-1-23-7-12-5-11(15(19)20)6-13(16(21)22)14(12)8-24-2-4-26-10-18/h5-6,17-18H,1-4,7-10H2,(H,19,20)(H,21,22). The minimum atomic E-state index is -1.29. The minimum absolute atomic E-state index is 0.0535. The lowest BCUT2D eigenvalue weighted by atomic mass is 9.98. The van der Waals surface area contributed by atoms with E-state index in [-0.39, 0.29) is 56.3 Å². The minimum Gasteiger partial charge on any atom is -0.478 e. The Balaban J connectivity index is 2.95. The van der Waals surface area contributed by atoms with Crippen LogP contribution in [0.5, 0.6) is 0 Å². The highest BCUT2D eigenvalue weighted by Crippen LogP contribution is 2.21. The molecular formula is C16H22O10. The molecule has 0 aliphatic heterocycles. The number of hydrogen-bond acceptors (Lipinski definition) is 8. The van der Waals surface area contributed by atoms with Crippen LogP contribution in [0, 0.1) is 0 Å². The molecule has 0 saturated carbocycles. The van der Waals surface area contributed by atoms with Crippen molar-refractivity contribution in [2.24, 2.45) is 0 Å². The van der Waals surface area contributed by atoms with Crippen LogP contribution in [0.2, 0.25) is 0 Å². The third-order valence-corrected chi connectivity index (χ3v) is 3.25. The molecule has 1 aromatic rings. The molecule has 0 atom stereocenters. The Kier molecular flexibility index (Phi) is 10.4. The number of carbonyl (C=O) groups is 2. The lowest BCUT2D eigenvalue weighted by Gasteiger charge is -2.15. The number of hydrogen-bond donors (Lipinski definition) is 4. The number of carboxylic acid groups (broad SMARTS) is 2. The molecule has 0 spiro atoms. The second-order valence-corrected chi connectivity index (χ2v) is 4.95. The second-order valence-electron chi connectivity index (χ2n) is 4.95. The topological polar surface area (TPSA) is 152 Å². The SMILES string of the molecule is O=C(O)c1cc(COCCOCO)c(COCCOCO)c(C(=O)O)c1. The molecule has 10 nitrogen and oxygen atoms in total. The van der Waals surface area contributed by atoms with Gasteiger partial charge in [-0.3, -0.25) is 0 Å². The number of aliphatic hydroxyl groups is 2. The highest BCUT2D eigenvalue weighted by Gasteiger charge is 2.19. The van der Waals surface area contributed by atoms with Gasteiger partial charge in [0, 0.05) is 0 Å². The van der Waals surface area contributed by atoms with Gasteiger partial charge in [-0.15, -0.1) is 0 Å². The van der Waals surface area contributed by atoms with E-state index in [4.69, 9.17) is 34.3 Å². The van der Waals surface area contributed by atoms with Gasteiger partial charge in [0.25, 0.3) is 0 Å². The molecule has 0 radical (unpaired) electrons. The summed E-state index contributed by atoms with van der Waals surface area (Å²) in [6.07, 6.45) is 0. The zero-order valence-electron chi connectivity index (χ0n) is 14.0. The van der Waals surface area contributed by atoms with Crippen LogP contribution < -0.4 is 0 Å². The molecule has 1 aromatic carbocycles. The molecule has 0 aliphatic rings. The van der Waals surface area contributed by atoms with Crippen LogP contribution in [0.15, 0.2) is 12.1 Å². The highest BCUT2D eigenvalue weighted by atomic mass is 16.6. The average molecular weight is 374 g/mol. The van der Waals surface area contributed by atoms with Crippen LogP contribution >= 0.6 is 0 Å². The van der Waals surface area contributed by atoms with Gasteiger partial charge in [0.05, 0.1) is 50.8 Å². The Morgan fingerprint density at radius 1 is 0.769 bits per heavy atom. The molecule has 10 heteroatoms. The maximum absolute atomic E-state index is 11.5. The molecule has 1 rings (SSSR count). The second kappa shape index (κ2) is 12.3. The fraction of sp³-hybridized carbons (Fsp3) is 0.500. The maximum Gasteiger partial charge on any atom is 0.336 e. The normalized spacial score (nSPS) is 10.8. The molecule has 0 bridgehead atoms. The van der Waals surface area contributed by atoms with E-state index >= 15 is 0 Å². The summed E-state index contributed by atoms with van der Waals surface area (Å²) in [7, 11) is 0. The van der Waals surface area contributed by atoms with Crippen LogP contribution in [-0.2, 0) is 32.2 Å². The van der Waals surface area contributed by atoms with E-state index < -0.39 is 25.5 Å². The maximum atomic E-state index is 11.5. The van der Waals surface area contributed by atoms with E-state index in [1.807, 2.05) is 0 Å². The number of rotatable bonds is 14. The number of ether oxygens (including phenoxy) is 4. The van der Waals surface area contributed by atoms with Crippen LogP contribution in [-0.4, -0.2) is 72.4 Å². The van der Waals surface area contributed by atoms with Crippen molar-refractivity contribution >= 4 is 11.9 Å². The first-order valence-electron chi connectivity index (χ1n) is 7.66. The van der Waals surface area contributed by atoms with Crippen LogP contribution in [0.1, 0.15) is 31.8 Å². The number of carboxylic acids is 2. The first-order chi connectivity index (χ1) is 12.5. The van der Waals surface area contributed by atoms with Gasteiger partial charge in [0.1, 0.15) is 13.6 Å². The third kappa shape index (κ3) is 7.44. The first-order valence-corrected chi connectivity index (χ1v) is 7.66. The fourth-order valence-corrected chi connectivity index (χ4v) is 2.07. The van der Waals surface area contributed by atoms with Crippen molar-refractivity contribution in [1.82, 2.24) is 0 Å². The highest BCUT2D eigenvalue weighted by molar-refractivity contribution is 5.95. The Morgan fingerprint density at radius 3 is 1.81 bits per heavy atom. The Hall–Kier alpha value is -2.08. The predicted octanol–water partition coefficient (Wildman–Crippen LogP) is 0.0490. The Bertz CT molecular complexity index is 587. The van der Waals surface area contributed by atoms with Crippen LogP contribution in [0.4, 0.5) is 0 Å². The van der Waals surface area contributed by atoms with Gasteiger partial charge in [-0.05, 0) is 23.3 Å². The summed E-state index contributed by atoms with van der Waals surface area (Å²) in [6, 6.07) is 2.39. The quantitative estimate of drug-likeness (QED) is 0.259. The zero-order chi connectivity index (χ0) is 19.4. The Labute approximate surface area is 149 Å². The van der Waals surface area contributed by atoms with Crippen LogP contribution in [0.3, 0.4) is 0 Å². The lowest BCUT2D eigenvalue weighted by Crippen LogP contribution is -2.14. The molecular weight excluding hydrogens is 352 g/mol. The summed E-state index contributed by atoms with van der Waals surface area (Å²) in [6.45, 7) is -0.552. The zero-order valence-corrected chi connectivity index (χ0v) is 14.0. The molecule has 0 aliphatic carbocycles. The van der Waals surface area contributed by atoms with Gasteiger partial charge in [-0.2, -0.15) is 0 Å². The van der Waals surface area contributed by atoms with E-state index in [9.17, 15) is 14.7 Å². The van der Waals surface area contributed by atoms with Gasteiger partial charge in [0.15, 0.2) is 0 Å². The van der Waals surface area contributed by atoms with Crippen molar-refractivity contribution in [3.8, 4) is 0 Å².